The SMILES string of the molecule is COC(=O)N[C@@H](CCSC)C(=O)N1C[C@H](F)C[C@H]1c1nc2cc(-c3cc4ccc3CCc3ccc(c(-c5ccc6[nH]c([C@@H]7C[C@@H](F)CN7C(=O)[C@H](CCSC)NC(=O)OC)nc6c5)c3)C[C@H]4C)ccc2[nH]1. The van der Waals surface area contributed by atoms with Crippen molar-refractivity contribution in [3.63, 3.8) is 0 Å². The minimum absolute atomic E-state index is 0.0877. The number of aromatic nitrogens is 4. The minimum Gasteiger partial charge on any atom is -0.453 e. The maximum atomic E-state index is 15.2. The van der Waals surface area contributed by atoms with E-state index >= 15 is 8.78 Å². The molecule has 0 spiro atoms. The van der Waals surface area contributed by atoms with Crippen molar-refractivity contribution < 1.29 is 37.4 Å². The fraction of sp³-hybridized carbons (Fsp3) is 0.434. The molecule has 374 valence electrons. The van der Waals surface area contributed by atoms with Crippen LogP contribution < -0.4 is 10.6 Å². The van der Waals surface area contributed by atoms with Crippen LogP contribution in [0.1, 0.15) is 84.5 Å². The average Bonchev–Trinajstić information content (AvgIpc) is 4.19. The number of aryl methyl sites for hydroxylation is 2. The second-order valence-corrected chi connectivity index (χ2v) is 20.8. The lowest BCUT2D eigenvalue weighted by molar-refractivity contribution is -0.135. The Morgan fingerprint density at radius 2 is 1.20 bits per heavy atom. The molecule has 4 amide bonds. The van der Waals surface area contributed by atoms with Crippen molar-refractivity contribution in [2.45, 2.75) is 94.3 Å². The van der Waals surface area contributed by atoms with Gasteiger partial charge in [-0.3, -0.25) is 9.59 Å². The Bertz CT molecular complexity index is 2950. The number of benzene rings is 4. The van der Waals surface area contributed by atoms with E-state index in [0.717, 1.165) is 52.5 Å². The molecule has 12 rings (SSSR count). The van der Waals surface area contributed by atoms with Gasteiger partial charge in [0.25, 0.3) is 0 Å². The summed E-state index contributed by atoms with van der Waals surface area (Å²) >= 11 is 3.11. The van der Waals surface area contributed by atoms with Crippen molar-refractivity contribution in [2.75, 3.05) is 51.3 Å². The molecule has 4 bridgehead atoms. The van der Waals surface area contributed by atoms with Crippen molar-refractivity contribution in [1.29, 1.82) is 0 Å². The van der Waals surface area contributed by atoms with Crippen LogP contribution in [0.2, 0.25) is 0 Å². The van der Waals surface area contributed by atoms with E-state index in [-0.39, 0.29) is 43.7 Å². The van der Waals surface area contributed by atoms with E-state index in [9.17, 15) is 19.2 Å². The molecule has 18 heteroatoms. The normalized spacial score (nSPS) is 20.7. The predicted octanol–water partition coefficient (Wildman–Crippen LogP) is 9.40. The number of rotatable bonds is 14. The van der Waals surface area contributed by atoms with Crippen molar-refractivity contribution in [3.05, 3.63) is 107 Å². The molecule has 0 saturated carbocycles. The lowest BCUT2D eigenvalue weighted by Crippen LogP contribution is -2.49. The molecule has 7 atom stereocenters. The summed E-state index contributed by atoms with van der Waals surface area (Å²) in [5.41, 5.74) is 12.1. The van der Waals surface area contributed by atoms with Gasteiger partial charge in [0, 0.05) is 12.8 Å². The van der Waals surface area contributed by atoms with Crippen LogP contribution in [-0.2, 0) is 38.3 Å². The average molecular weight is 1010 g/mol. The molecule has 4 aromatic carbocycles. The zero-order chi connectivity index (χ0) is 49.9. The van der Waals surface area contributed by atoms with Gasteiger partial charge in [0.2, 0.25) is 11.8 Å². The number of likely N-dealkylation sites (tertiary alicyclic amines) is 2. The van der Waals surface area contributed by atoms with E-state index < -0.39 is 48.7 Å². The molecule has 2 aliphatic heterocycles. The van der Waals surface area contributed by atoms with Gasteiger partial charge in [0.05, 0.1) is 61.5 Å². The van der Waals surface area contributed by atoms with Gasteiger partial charge < -0.3 is 39.9 Å². The largest absolute Gasteiger partial charge is 0.453 e. The number of fused-ring (bicyclic) bond motifs is 2. The highest BCUT2D eigenvalue weighted by molar-refractivity contribution is 7.98. The fourth-order valence-corrected chi connectivity index (χ4v) is 11.3. The lowest BCUT2D eigenvalue weighted by Gasteiger charge is -2.27. The maximum absolute atomic E-state index is 15.2. The first-order valence-electron chi connectivity index (χ1n) is 24.1. The Labute approximate surface area is 420 Å². The molecule has 4 N–H and O–H groups in total. The van der Waals surface area contributed by atoms with Crippen LogP contribution in [-0.4, -0.2) is 129 Å². The van der Waals surface area contributed by atoms with E-state index in [1.54, 1.807) is 23.5 Å². The van der Waals surface area contributed by atoms with Crippen LogP contribution in [0, 0.1) is 0 Å². The van der Waals surface area contributed by atoms with E-state index in [4.69, 9.17) is 19.4 Å². The van der Waals surface area contributed by atoms with Crippen LogP contribution in [0.4, 0.5) is 18.4 Å². The number of imidazole rings is 2. The van der Waals surface area contributed by atoms with Crippen LogP contribution in [0.5, 0.6) is 0 Å². The monoisotopic (exact) mass is 1010 g/mol. The zero-order valence-corrected chi connectivity index (χ0v) is 42.2. The number of nitrogens with zero attached hydrogens (tertiary/aromatic N) is 4. The highest BCUT2D eigenvalue weighted by Crippen LogP contribution is 2.39. The quantitative estimate of drug-likeness (QED) is 0.0823. The number of nitrogens with one attached hydrogen (secondary N) is 4. The Balaban J connectivity index is 0.958. The Morgan fingerprint density at radius 3 is 1.70 bits per heavy atom. The van der Waals surface area contributed by atoms with Crippen molar-refractivity contribution in [1.82, 2.24) is 40.4 Å². The van der Waals surface area contributed by atoms with Crippen LogP contribution in [0.25, 0.3) is 44.3 Å². The van der Waals surface area contributed by atoms with Gasteiger partial charge >= 0.3 is 12.2 Å². The number of alkyl carbamates (subject to hydrolysis) is 2. The Hall–Kier alpha value is -6.14. The van der Waals surface area contributed by atoms with E-state index in [2.05, 4.69) is 88.2 Å². The lowest BCUT2D eigenvalue weighted by atomic mass is 9.84. The Morgan fingerprint density at radius 1 is 0.690 bits per heavy atom. The molecular weight excluding hydrogens is 947 g/mol. The molecule has 2 aromatic heterocycles. The molecule has 2 fully saturated rings. The first kappa shape index (κ1) is 49.8. The molecule has 71 heavy (non-hydrogen) atoms. The van der Waals surface area contributed by atoms with E-state index in [0.29, 0.717) is 47.0 Å². The predicted molar refractivity (Wildman–Crippen MR) is 275 cm³/mol. The second kappa shape index (κ2) is 21.7. The van der Waals surface area contributed by atoms with Gasteiger partial charge in [-0.15, -0.1) is 0 Å². The molecule has 4 heterocycles. The number of halogens is 2. The number of hydrogen-bond acceptors (Lipinski definition) is 10. The smallest absolute Gasteiger partial charge is 0.407 e. The van der Waals surface area contributed by atoms with Gasteiger partial charge in [-0.2, -0.15) is 23.5 Å². The number of methoxy groups -OCH3 is 2. The van der Waals surface area contributed by atoms with Crippen molar-refractivity contribution in [2.24, 2.45) is 0 Å². The summed E-state index contributed by atoms with van der Waals surface area (Å²) < 4.78 is 39.9. The first-order valence-corrected chi connectivity index (χ1v) is 26.9. The van der Waals surface area contributed by atoms with E-state index in [1.807, 2.05) is 24.6 Å². The van der Waals surface area contributed by atoms with Crippen molar-refractivity contribution in [3.8, 4) is 22.3 Å². The molecule has 0 radical (unpaired) electrons. The standard InChI is InChI=1S/C53H60F2N8O6S2/c1-29-20-33-9-7-30(21-38(33)34-12-14-40-44(23-34)58-48(56-40)46-25-36(54)27-62(46)50(64)42(16-18-70-4)60-52(66)68-2)6-8-31-10-11-32(29)22-39(31)35-13-15-41-45(24-35)59-49(57-41)47-26-37(55)28-63(47)51(65)43(17-19-71-5)61-53(67)69-3/h7,9-15,21-24,29,36-37,42-43,46-47H,6,8,16-20,25-28H2,1-5H3,(H,56,58)(H,57,59)(H,60,66)(H,61,67)/t29-,36-,37-,42+,43+,46+,47+/m1/s1. The number of carbonyl (C=O) groups excluding carboxylic acids is 4. The van der Waals surface area contributed by atoms with E-state index in [1.165, 1.54) is 46.3 Å². The van der Waals surface area contributed by atoms with Gasteiger partial charge in [0.15, 0.2) is 0 Å². The number of amides is 4. The minimum atomic E-state index is -1.24. The fourth-order valence-electron chi connectivity index (χ4n) is 10.4. The molecule has 6 aromatic rings. The molecule has 0 unspecified atom stereocenters. The molecule has 6 aliphatic rings. The second-order valence-electron chi connectivity index (χ2n) is 18.8. The number of thioether (sulfide) groups is 2. The molecule has 4 aliphatic carbocycles. The third-order valence-electron chi connectivity index (χ3n) is 14.2. The highest BCUT2D eigenvalue weighted by atomic mass is 32.2. The summed E-state index contributed by atoms with van der Waals surface area (Å²) in [7, 11) is 2.50. The summed E-state index contributed by atoms with van der Waals surface area (Å²) in [6, 6.07) is 22.9. The van der Waals surface area contributed by atoms with Gasteiger partial charge in [-0.1, -0.05) is 55.5 Å². The van der Waals surface area contributed by atoms with Crippen LogP contribution in [0.3, 0.4) is 0 Å². The number of aromatic amines is 2. The summed E-state index contributed by atoms with van der Waals surface area (Å²) in [5, 5.41) is 5.30. The summed E-state index contributed by atoms with van der Waals surface area (Å²) in [5.74, 6) is 1.69. The summed E-state index contributed by atoms with van der Waals surface area (Å²) in [6.45, 7) is 2.07. The number of ether oxygens (including phenoxy) is 2. The zero-order valence-electron chi connectivity index (χ0n) is 40.6. The van der Waals surface area contributed by atoms with Crippen molar-refractivity contribution >= 4 is 69.6 Å². The highest BCUT2D eigenvalue weighted by Gasteiger charge is 2.42. The summed E-state index contributed by atoms with van der Waals surface area (Å²) in [6.07, 6.45) is 3.25. The van der Waals surface area contributed by atoms with Gasteiger partial charge in [0.1, 0.15) is 36.1 Å². The number of carbonyl (C=O) groups is 4. The number of alkyl halides is 2. The van der Waals surface area contributed by atoms with Crippen LogP contribution >= 0.6 is 23.5 Å². The maximum Gasteiger partial charge on any atom is 0.407 e. The third kappa shape index (κ3) is 10.7. The molecule has 14 nitrogen and oxygen atoms in total. The molecular formula is C53H60F2N8O6S2. The van der Waals surface area contributed by atoms with Crippen LogP contribution in [0.15, 0.2) is 72.8 Å². The number of hydrogen-bond donors (Lipinski definition) is 4. The topological polar surface area (TPSA) is 175 Å². The first-order chi connectivity index (χ1) is 34.3. The van der Waals surface area contributed by atoms with Gasteiger partial charge in [-0.05, 0) is 131 Å². The third-order valence-corrected chi connectivity index (χ3v) is 15.5. The molecule has 2 saturated heterocycles. The summed E-state index contributed by atoms with van der Waals surface area (Å²) in [4.78, 5) is 71.8. The Kier molecular flexibility index (Phi) is 15.2. The number of H-pyrrole nitrogens is 2. The van der Waals surface area contributed by atoms with Gasteiger partial charge in [-0.25, -0.2) is 28.3 Å².